The molecular formula is C8H28N2O3. The number of nitrogens with zero attached hydrogens (tertiary/aromatic N) is 2. The van der Waals surface area contributed by atoms with Gasteiger partial charge in [-0.15, -0.1) is 0 Å². The van der Waals surface area contributed by atoms with Gasteiger partial charge in [0.15, 0.2) is 0 Å². The maximum Gasteiger partial charge on any atom is 0.0675 e. The van der Waals surface area contributed by atoms with Gasteiger partial charge < -0.3 is 25.4 Å². The fraction of sp³-hybridized carbons (Fsp3) is 1.00. The molecule has 0 aliphatic heterocycles. The van der Waals surface area contributed by atoms with Crippen LogP contribution in [0.4, 0.5) is 0 Å². The highest BCUT2D eigenvalue weighted by atomic mass is 16.0. The van der Waals surface area contributed by atoms with Gasteiger partial charge in [0.25, 0.3) is 0 Å². The van der Waals surface area contributed by atoms with E-state index >= 15 is 0 Å². The Kier molecular flexibility index (Phi) is 22.3. The Bertz CT molecular complexity index is 60.4. The molecule has 0 aromatic carbocycles. The molecule has 0 aromatic rings. The maximum absolute atomic E-state index is 2.12. The SMILES string of the molecule is C[N+](C)(C)C.C[N+](C)(C)C.O.[OH-].[OH-]. The van der Waals surface area contributed by atoms with Crippen molar-refractivity contribution in [3.05, 3.63) is 0 Å². The van der Waals surface area contributed by atoms with Gasteiger partial charge in [0.2, 0.25) is 0 Å². The third-order valence-corrected chi connectivity index (χ3v) is 0. The number of quaternary nitrogens is 2. The second-order valence-electron chi connectivity index (χ2n) is 5.37. The first-order valence-corrected chi connectivity index (χ1v) is 3.58. The third-order valence-electron chi connectivity index (χ3n) is 0. The Morgan fingerprint density at radius 2 is 0.462 bits per heavy atom. The lowest BCUT2D eigenvalue weighted by molar-refractivity contribution is -0.849. The summed E-state index contributed by atoms with van der Waals surface area (Å²) in [5, 5.41) is 0. The third kappa shape index (κ3) is 28300. The predicted octanol–water partition coefficient (Wildman–Crippen LogP) is -0.533. The van der Waals surface area contributed by atoms with Crippen molar-refractivity contribution in [1.82, 2.24) is 0 Å². The van der Waals surface area contributed by atoms with Gasteiger partial charge in [-0.25, -0.2) is 0 Å². The van der Waals surface area contributed by atoms with Gasteiger partial charge in [0, 0.05) is 0 Å². The van der Waals surface area contributed by atoms with Crippen molar-refractivity contribution in [3.63, 3.8) is 0 Å². The summed E-state index contributed by atoms with van der Waals surface area (Å²) in [7, 11) is 17.0. The molecule has 5 heteroatoms. The van der Waals surface area contributed by atoms with Crippen molar-refractivity contribution in [2.75, 3.05) is 56.4 Å². The maximum atomic E-state index is 2.12. The number of hydrogen-bond acceptors (Lipinski definition) is 2. The van der Waals surface area contributed by atoms with E-state index in [2.05, 4.69) is 56.4 Å². The van der Waals surface area contributed by atoms with Gasteiger partial charge in [0.1, 0.15) is 0 Å². The van der Waals surface area contributed by atoms with Crippen LogP contribution < -0.4 is 0 Å². The first-order chi connectivity index (χ1) is 4.00. The van der Waals surface area contributed by atoms with Crippen molar-refractivity contribution >= 4 is 0 Å². The van der Waals surface area contributed by atoms with Crippen LogP contribution in [0, 0.1) is 0 Å². The summed E-state index contributed by atoms with van der Waals surface area (Å²) in [5.74, 6) is 0. The van der Waals surface area contributed by atoms with Crippen LogP contribution in [0.1, 0.15) is 0 Å². The van der Waals surface area contributed by atoms with E-state index in [9.17, 15) is 0 Å². The molecule has 0 atom stereocenters. The minimum Gasteiger partial charge on any atom is -0.870 e. The summed E-state index contributed by atoms with van der Waals surface area (Å²) in [6, 6.07) is 0. The molecule has 0 aliphatic rings. The zero-order chi connectivity index (χ0) is 9.00. The summed E-state index contributed by atoms with van der Waals surface area (Å²) in [4.78, 5) is 0. The van der Waals surface area contributed by atoms with Gasteiger partial charge in [0.05, 0.1) is 56.4 Å². The fourth-order valence-corrected chi connectivity index (χ4v) is 0. The van der Waals surface area contributed by atoms with Gasteiger partial charge in [-0.05, 0) is 0 Å². The monoisotopic (exact) mass is 200 g/mol. The van der Waals surface area contributed by atoms with Gasteiger partial charge >= 0.3 is 0 Å². The first kappa shape index (κ1) is 29.3. The molecule has 5 nitrogen and oxygen atoms in total. The lowest BCUT2D eigenvalue weighted by Gasteiger charge is -2.14. The second-order valence-corrected chi connectivity index (χ2v) is 5.37. The highest BCUT2D eigenvalue weighted by Gasteiger charge is 1.88. The van der Waals surface area contributed by atoms with E-state index in [4.69, 9.17) is 0 Å². The van der Waals surface area contributed by atoms with E-state index in [0.717, 1.165) is 8.97 Å². The molecule has 0 unspecified atom stereocenters. The number of hydrogen-bond donors (Lipinski definition) is 0. The standard InChI is InChI=1S/2C4H12N.3H2O/c2*1-5(2,3)4;;;/h2*1-4H3;3*1H2/q2*+1;;;/p-2. The van der Waals surface area contributed by atoms with Crippen molar-refractivity contribution in [2.45, 2.75) is 0 Å². The van der Waals surface area contributed by atoms with E-state index in [0.29, 0.717) is 0 Å². The van der Waals surface area contributed by atoms with Crippen LogP contribution in [0.2, 0.25) is 0 Å². The minimum absolute atomic E-state index is 0. The fourth-order valence-electron chi connectivity index (χ4n) is 0. The summed E-state index contributed by atoms with van der Waals surface area (Å²) >= 11 is 0. The van der Waals surface area contributed by atoms with Gasteiger partial charge in [-0.2, -0.15) is 0 Å². The van der Waals surface area contributed by atoms with Crippen LogP contribution >= 0.6 is 0 Å². The average Bonchev–Trinajstić information content (AvgIpc) is 1.12. The summed E-state index contributed by atoms with van der Waals surface area (Å²) < 4.78 is 2.00. The van der Waals surface area contributed by atoms with Crippen LogP contribution in [0.3, 0.4) is 0 Å². The van der Waals surface area contributed by atoms with Crippen molar-refractivity contribution < 1.29 is 25.4 Å². The molecule has 0 fully saturated rings. The summed E-state index contributed by atoms with van der Waals surface area (Å²) in [6.07, 6.45) is 0. The van der Waals surface area contributed by atoms with Crippen molar-refractivity contribution in [2.24, 2.45) is 0 Å². The predicted molar refractivity (Wildman–Crippen MR) is 55.4 cm³/mol. The molecule has 0 heterocycles. The quantitative estimate of drug-likeness (QED) is 0.492. The zero-order valence-corrected chi connectivity index (χ0v) is 10.3. The molecule has 0 radical (unpaired) electrons. The molecule has 0 aromatic heterocycles. The molecule has 0 amide bonds. The second kappa shape index (κ2) is 9.88. The largest absolute Gasteiger partial charge is 0.870 e. The van der Waals surface area contributed by atoms with Crippen LogP contribution in [0.15, 0.2) is 0 Å². The van der Waals surface area contributed by atoms with Crippen LogP contribution in [-0.2, 0) is 0 Å². The van der Waals surface area contributed by atoms with Crippen molar-refractivity contribution in [3.8, 4) is 0 Å². The van der Waals surface area contributed by atoms with E-state index in [1.165, 1.54) is 0 Å². The van der Waals surface area contributed by atoms with E-state index in [1.54, 1.807) is 0 Å². The van der Waals surface area contributed by atoms with Crippen LogP contribution in [0.5, 0.6) is 0 Å². The summed E-state index contributed by atoms with van der Waals surface area (Å²) in [6.45, 7) is 0. The molecule has 0 saturated heterocycles. The Balaban J connectivity index is -0.0000000267. The lowest BCUT2D eigenvalue weighted by atomic mass is 10.8. The van der Waals surface area contributed by atoms with Crippen LogP contribution in [0.25, 0.3) is 0 Å². The Hall–Kier alpha value is -0.200. The van der Waals surface area contributed by atoms with Crippen molar-refractivity contribution in [1.29, 1.82) is 0 Å². The number of rotatable bonds is 0. The minimum atomic E-state index is 0. The van der Waals surface area contributed by atoms with E-state index < -0.39 is 0 Å². The highest BCUT2D eigenvalue weighted by molar-refractivity contribution is 3.87. The topological polar surface area (TPSA) is 91.5 Å². The zero-order valence-electron chi connectivity index (χ0n) is 10.3. The van der Waals surface area contributed by atoms with Gasteiger partial charge in [-0.1, -0.05) is 0 Å². The normalized spacial score (nSPS) is 9.23. The molecule has 0 rings (SSSR count). The van der Waals surface area contributed by atoms with E-state index in [-0.39, 0.29) is 16.4 Å². The molecule has 0 spiro atoms. The lowest BCUT2D eigenvalue weighted by Crippen LogP contribution is -2.27. The molecule has 13 heavy (non-hydrogen) atoms. The first-order valence-electron chi connectivity index (χ1n) is 3.58. The van der Waals surface area contributed by atoms with E-state index in [1.807, 2.05) is 0 Å². The Morgan fingerprint density at radius 1 is 0.462 bits per heavy atom. The van der Waals surface area contributed by atoms with Gasteiger partial charge in [-0.3, -0.25) is 0 Å². The molecular weight excluding hydrogens is 172 g/mol. The van der Waals surface area contributed by atoms with Crippen LogP contribution in [-0.4, -0.2) is 81.8 Å². The highest BCUT2D eigenvalue weighted by Crippen LogP contribution is 1.74. The molecule has 0 bridgehead atoms. The molecule has 0 saturated carbocycles. The Morgan fingerprint density at radius 3 is 0.462 bits per heavy atom. The Labute approximate surface area is 82.7 Å². The summed E-state index contributed by atoms with van der Waals surface area (Å²) in [5.41, 5.74) is 0. The average molecular weight is 200 g/mol. The molecule has 88 valence electrons. The molecule has 4 N–H and O–H groups in total. The smallest absolute Gasteiger partial charge is 0.0675 e. The molecule has 0 aliphatic carbocycles.